The second kappa shape index (κ2) is 7.15. The maximum atomic E-state index is 5.98. The fraction of sp³-hybridized carbons (Fsp3) is 0.647. The molecule has 4 rings (SSSR count). The monoisotopic (exact) mass is 322 g/mol. The summed E-state index contributed by atoms with van der Waals surface area (Å²) in [5.74, 6) is 0.833. The molecule has 3 aliphatic rings. The molecule has 4 unspecified atom stereocenters. The van der Waals surface area contributed by atoms with Crippen LogP contribution in [0.1, 0.15) is 11.7 Å². The van der Waals surface area contributed by atoms with Crippen LogP contribution in [0.2, 0.25) is 0 Å². The molecule has 0 spiro atoms. The maximum Gasteiger partial charge on any atom is 0.119 e. The van der Waals surface area contributed by atoms with Crippen LogP contribution in [0.4, 0.5) is 0 Å². The van der Waals surface area contributed by atoms with Gasteiger partial charge in [-0.2, -0.15) is 0 Å². The van der Waals surface area contributed by atoms with Gasteiger partial charge in [-0.3, -0.25) is 0 Å². The van der Waals surface area contributed by atoms with Crippen LogP contribution >= 0.6 is 0 Å². The van der Waals surface area contributed by atoms with Crippen molar-refractivity contribution in [1.82, 2.24) is 0 Å². The normalized spacial score (nSPS) is 29.1. The van der Waals surface area contributed by atoms with Gasteiger partial charge in [0, 0.05) is 0 Å². The molecule has 0 N–H and O–H groups in total. The molecular formula is C17H22O6. The first kappa shape index (κ1) is 15.4. The lowest BCUT2D eigenvalue weighted by atomic mass is 10.1. The highest BCUT2D eigenvalue weighted by atomic mass is 16.6. The van der Waals surface area contributed by atoms with Crippen LogP contribution in [0.5, 0.6) is 5.75 Å². The van der Waals surface area contributed by atoms with Crippen LogP contribution in [0.3, 0.4) is 0 Å². The lowest BCUT2D eigenvalue weighted by Crippen LogP contribution is -2.17. The summed E-state index contributed by atoms with van der Waals surface area (Å²) >= 11 is 0. The number of hydrogen-bond donors (Lipinski definition) is 0. The van der Waals surface area contributed by atoms with E-state index in [1.807, 2.05) is 24.3 Å². The van der Waals surface area contributed by atoms with Crippen LogP contribution < -0.4 is 4.74 Å². The zero-order valence-electron chi connectivity index (χ0n) is 13.0. The summed E-state index contributed by atoms with van der Waals surface area (Å²) in [4.78, 5) is 0. The summed E-state index contributed by atoms with van der Waals surface area (Å²) in [6.07, 6.45) is 0.615. The summed E-state index contributed by atoms with van der Waals surface area (Å²) in [7, 11) is 0. The second-order valence-corrected chi connectivity index (χ2v) is 6.11. The van der Waals surface area contributed by atoms with Crippen LogP contribution in [-0.2, 0) is 23.7 Å². The Morgan fingerprint density at radius 1 is 0.957 bits per heavy atom. The van der Waals surface area contributed by atoms with E-state index >= 15 is 0 Å². The molecule has 23 heavy (non-hydrogen) atoms. The van der Waals surface area contributed by atoms with Crippen LogP contribution in [0, 0.1) is 0 Å². The average molecular weight is 322 g/mol. The third-order valence-corrected chi connectivity index (χ3v) is 3.93. The first-order chi connectivity index (χ1) is 11.4. The van der Waals surface area contributed by atoms with Crippen LogP contribution in [-0.4, -0.2) is 64.6 Å². The van der Waals surface area contributed by atoms with Gasteiger partial charge in [0.2, 0.25) is 0 Å². The van der Waals surface area contributed by atoms with E-state index in [-0.39, 0.29) is 24.4 Å². The molecule has 4 atom stereocenters. The van der Waals surface area contributed by atoms with Crippen molar-refractivity contribution in [1.29, 1.82) is 0 Å². The summed E-state index contributed by atoms with van der Waals surface area (Å²) < 4.78 is 33.0. The molecule has 0 amide bonds. The second-order valence-electron chi connectivity index (χ2n) is 6.11. The van der Waals surface area contributed by atoms with E-state index in [9.17, 15) is 0 Å². The minimum Gasteiger partial charge on any atom is -0.491 e. The van der Waals surface area contributed by atoms with Crippen molar-refractivity contribution in [2.75, 3.05) is 46.2 Å². The van der Waals surface area contributed by atoms with Crippen molar-refractivity contribution in [3.05, 3.63) is 29.8 Å². The lowest BCUT2D eigenvalue weighted by Gasteiger charge is -2.19. The van der Waals surface area contributed by atoms with E-state index in [1.54, 1.807) is 0 Å². The summed E-state index contributed by atoms with van der Waals surface area (Å²) in [5, 5.41) is 0. The van der Waals surface area contributed by atoms with Crippen molar-refractivity contribution in [2.45, 2.75) is 24.4 Å². The van der Waals surface area contributed by atoms with E-state index in [1.165, 1.54) is 0 Å². The minimum absolute atomic E-state index is 0.126. The summed E-state index contributed by atoms with van der Waals surface area (Å²) in [5.41, 5.74) is 1.05. The molecule has 0 saturated carbocycles. The van der Waals surface area contributed by atoms with Crippen molar-refractivity contribution >= 4 is 0 Å². The molecule has 6 heteroatoms. The van der Waals surface area contributed by atoms with Gasteiger partial charge in [-0.1, -0.05) is 12.1 Å². The Balaban J connectivity index is 1.34. The molecule has 126 valence electrons. The lowest BCUT2D eigenvalue weighted by molar-refractivity contribution is -0.0259. The summed E-state index contributed by atoms with van der Waals surface area (Å²) in [6, 6.07) is 7.98. The highest BCUT2D eigenvalue weighted by Gasteiger charge is 2.27. The van der Waals surface area contributed by atoms with Gasteiger partial charge >= 0.3 is 0 Å². The predicted octanol–water partition coefficient (Wildman–Crippen LogP) is 1.34. The van der Waals surface area contributed by atoms with Gasteiger partial charge in [0.05, 0.1) is 39.6 Å². The van der Waals surface area contributed by atoms with E-state index in [4.69, 9.17) is 28.4 Å². The van der Waals surface area contributed by atoms with Gasteiger partial charge in [0.25, 0.3) is 0 Å². The average Bonchev–Trinajstić information content (AvgIpc) is 3.43. The SMILES string of the molecule is c1cc(OCC2CO2)cc(C(COCC2CO2)OCC2CO2)c1. The van der Waals surface area contributed by atoms with Gasteiger partial charge in [-0.25, -0.2) is 0 Å². The van der Waals surface area contributed by atoms with Gasteiger partial charge in [0.1, 0.15) is 36.8 Å². The standard InChI is InChI=1S/C17H22O6/c1-2-12(4-13(3-1)19-7-15-8-21-15)17(23-10-16-9-22-16)11-18-5-14-6-20-14/h1-4,14-17H,5-11H2. The molecule has 3 aliphatic heterocycles. The molecule has 6 nitrogen and oxygen atoms in total. The van der Waals surface area contributed by atoms with E-state index in [0.29, 0.717) is 26.4 Å². The molecule has 3 heterocycles. The number of ether oxygens (including phenoxy) is 6. The van der Waals surface area contributed by atoms with E-state index in [0.717, 1.165) is 31.1 Å². The first-order valence-corrected chi connectivity index (χ1v) is 8.14. The topological polar surface area (TPSA) is 65.3 Å². The van der Waals surface area contributed by atoms with E-state index in [2.05, 4.69) is 0 Å². The molecule has 0 radical (unpaired) electrons. The van der Waals surface area contributed by atoms with Gasteiger partial charge in [0.15, 0.2) is 0 Å². The number of epoxide rings is 3. The minimum atomic E-state index is -0.126. The van der Waals surface area contributed by atoms with E-state index < -0.39 is 0 Å². The van der Waals surface area contributed by atoms with Gasteiger partial charge in [-0.15, -0.1) is 0 Å². The Hall–Kier alpha value is -1.18. The Labute approximate surface area is 135 Å². The van der Waals surface area contributed by atoms with Crippen molar-refractivity contribution < 1.29 is 28.4 Å². The molecule has 1 aromatic rings. The fourth-order valence-electron chi connectivity index (χ4n) is 2.26. The molecule has 0 bridgehead atoms. The highest BCUT2D eigenvalue weighted by Crippen LogP contribution is 2.25. The third-order valence-electron chi connectivity index (χ3n) is 3.93. The van der Waals surface area contributed by atoms with Crippen molar-refractivity contribution in [3.63, 3.8) is 0 Å². The molecule has 3 fully saturated rings. The largest absolute Gasteiger partial charge is 0.491 e. The maximum absolute atomic E-state index is 5.98. The number of rotatable bonds is 11. The fourth-order valence-corrected chi connectivity index (χ4v) is 2.26. The molecular weight excluding hydrogens is 300 g/mol. The third kappa shape index (κ3) is 5.16. The van der Waals surface area contributed by atoms with Crippen molar-refractivity contribution in [3.8, 4) is 5.75 Å². The van der Waals surface area contributed by atoms with Gasteiger partial charge < -0.3 is 28.4 Å². The molecule has 3 saturated heterocycles. The number of benzene rings is 1. The quantitative estimate of drug-likeness (QED) is 0.573. The van der Waals surface area contributed by atoms with Gasteiger partial charge in [-0.05, 0) is 17.7 Å². The number of hydrogen-bond acceptors (Lipinski definition) is 6. The van der Waals surface area contributed by atoms with Crippen LogP contribution in [0.15, 0.2) is 24.3 Å². The highest BCUT2D eigenvalue weighted by molar-refractivity contribution is 5.30. The predicted molar refractivity (Wildman–Crippen MR) is 80.7 cm³/mol. The first-order valence-electron chi connectivity index (χ1n) is 8.14. The zero-order valence-corrected chi connectivity index (χ0v) is 13.0. The zero-order chi connectivity index (χ0) is 15.5. The summed E-state index contributed by atoms with van der Waals surface area (Å²) in [6.45, 7) is 4.69. The Bertz CT molecular complexity index is 510. The Kier molecular flexibility index (Phi) is 4.77. The Morgan fingerprint density at radius 2 is 1.65 bits per heavy atom. The Morgan fingerprint density at radius 3 is 2.39 bits per heavy atom. The molecule has 0 aromatic heterocycles. The van der Waals surface area contributed by atoms with Crippen molar-refractivity contribution in [2.24, 2.45) is 0 Å². The smallest absolute Gasteiger partial charge is 0.119 e. The van der Waals surface area contributed by atoms with Crippen LogP contribution in [0.25, 0.3) is 0 Å². The molecule has 0 aliphatic carbocycles. The molecule has 1 aromatic carbocycles.